The van der Waals surface area contributed by atoms with Crippen LogP contribution < -0.4 is 27.4 Å². The van der Waals surface area contributed by atoms with Crippen LogP contribution >= 0.6 is 11.8 Å². The zero-order chi connectivity index (χ0) is 25.7. The Morgan fingerprint density at radius 2 is 1.50 bits per heavy atom. The molecule has 0 saturated heterocycles. The molecule has 0 aliphatic heterocycles. The number of nitrogens with two attached hydrogens (primary N) is 2. The molecule has 0 saturated carbocycles. The molecule has 4 atom stereocenters. The summed E-state index contributed by atoms with van der Waals surface area (Å²) in [6, 6.07) is 3.80. The number of primary amides is 1. The third-order valence-corrected chi connectivity index (χ3v) is 5.36. The van der Waals surface area contributed by atoms with Crippen molar-refractivity contribution in [2.75, 3.05) is 18.6 Å². The number of aliphatic carboxylic acids is 1. The minimum Gasteiger partial charge on any atom is -0.480 e. The van der Waals surface area contributed by atoms with Crippen molar-refractivity contribution in [2.45, 2.75) is 43.4 Å². The molecule has 13 heteroatoms. The molecule has 0 aromatic heterocycles. The fraction of sp³-hybridized carbons (Fsp3) is 0.476. The molecule has 0 aliphatic carbocycles. The van der Waals surface area contributed by atoms with Gasteiger partial charge >= 0.3 is 5.97 Å². The standard InChI is InChI=1S/C21H31N5O7S/c1-34-8-7-14(19(30)26-16(11-27)21(32)33)24-20(31)15(10-17(23)28)25-18(29)13(22)9-12-5-3-2-4-6-12/h2-6,13-16,27H,7-11,22H2,1H3,(H2,23,28)(H,24,31)(H,25,29)(H,26,30)(H,32,33). The van der Waals surface area contributed by atoms with Gasteiger partial charge < -0.3 is 37.6 Å². The van der Waals surface area contributed by atoms with Crippen molar-refractivity contribution < 1.29 is 34.2 Å². The van der Waals surface area contributed by atoms with Crippen molar-refractivity contribution in [3.8, 4) is 0 Å². The maximum absolute atomic E-state index is 12.8. The maximum atomic E-state index is 12.8. The lowest BCUT2D eigenvalue weighted by Gasteiger charge is -2.24. The van der Waals surface area contributed by atoms with E-state index in [0.29, 0.717) is 5.75 Å². The van der Waals surface area contributed by atoms with Gasteiger partial charge in [-0.25, -0.2) is 4.79 Å². The number of aliphatic hydroxyl groups is 1. The van der Waals surface area contributed by atoms with Gasteiger partial charge in [-0.1, -0.05) is 30.3 Å². The predicted octanol–water partition coefficient (Wildman–Crippen LogP) is -2.28. The number of carbonyl (C=O) groups is 5. The van der Waals surface area contributed by atoms with Crippen LogP contribution in [0.15, 0.2) is 30.3 Å². The summed E-state index contributed by atoms with van der Waals surface area (Å²) in [5.41, 5.74) is 12.0. The smallest absolute Gasteiger partial charge is 0.328 e. The van der Waals surface area contributed by atoms with Crippen LogP contribution in [0.5, 0.6) is 0 Å². The molecular weight excluding hydrogens is 466 g/mol. The van der Waals surface area contributed by atoms with E-state index in [0.717, 1.165) is 5.56 Å². The van der Waals surface area contributed by atoms with Crippen LogP contribution in [0.2, 0.25) is 0 Å². The average molecular weight is 498 g/mol. The highest BCUT2D eigenvalue weighted by Gasteiger charge is 2.30. The zero-order valence-corrected chi connectivity index (χ0v) is 19.5. The normalized spacial score (nSPS) is 14.2. The van der Waals surface area contributed by atoms with Crippen LogP contribution in [0.3, 0.4) is 0 Å². The molecule has 1 aromatic carbocycles. The molecule has 1 rings (SSSR count). The number of rotatable bonds is 15. The summed E-state index contributed by atoms with van der Waals surface area (Å²) in [7, 11) is 0. The number of hydrogen-bond acceptors (Lipinski definition) is 8. The second-order valence-electron chi connectivity index (χ2n) is 7.45. The number of thioether (sulfide) groups is 1. The minimum absolute atomic E-state index is 0.126. The Morgan fingerprint density at radius 3 is 2.03 bits per heavy atom. The molecule has 0 aliphatic rings. The third kappa shape index (κ3) is 10.2. The minimum atomic E-state index is -1.56. The number of amides is 4. The van der Waals surface area contributed by atoms with E-state index >= 15 is 0 Å². The van der Waals surface area contributed by atoms with Crippen LogP contribution in [0.1, 0.15) is 18.4 Å². The number of carboxylic acid groups (broad SMARTS) is 1. The van der Waals surface area contributed by atoms with Crippen molar-refractivity contribution in [1.82, 2.24) is 16.0 Å². The SMILES string of the molecule is CSCCC(NC(=O)C(CC(N)=O)NC(=O)C(N)Cc1ccccc1)C(=O)NC(CO)C(=O)O. The van der Waals surface area contributed by atoms with E-state index in [4.69, 9.17) is 21.7 Å². The fourth-order valence-electron chi connectivity index (χ4n) is 2.88. The largest absolute Gasteiger partial charge is 0.480 e. The van der Waals surface area contributed by atoms with E-state index in [1.165, 1.54) is 11.8 Å². The van der Waals surface area contributed by atoms with Crippen molar-refractivity contribution in [1.29, 1.82) is 0 Å². The van der Waals surface area contributed by atoms with Gasteiger partial charge in [-0.3, -0.25) is 19.2 Å². The van der Waals surface area contributed by atoms with Gasteiger partial charge in [-0.15, -0.1) is 0 Å². The molecule has 4 unspecified atom stereocenters. The number of carboxylic acids is 1. The molecule has 1 aromatic rings. The van der Waals surface area contributed by atoms with E-state index in [1.807, 2.05) is 6.07 Å². The molecule has 0 bridgehead atoms. The van der Waals surface area contributed by atoms with Gasteiger partial charge in [0.2, 0.25) is 23.6 Å². The van der Waals surface area contributed by atoms with E-state index in [9.17, 15) is 24.0 Å². The van der Waals surface area contributed by atoms with Crippen molar-refractivity contribution in [2.24, 2.45) is 11.5 Å². The molecule has 0 fully saturated rings. The van der Waals surface area contributed by atoms with Crippen molar-refractivity contribution in [3.05, 3.63) is 35.9 Å². The second-order valence-corrected chi connectivity index (χ2v) is 8.44. The molecular formula is C21H31N5O7S. The fourth-order valence-corrected chi connectivity index (χ4v) is 3.36. The topological polar surface area (TPSA) is 214 Å². The molecule has 9 N–H and O–H groups in total. The average Bonchev–Trinajstić information content (AvgIpc) is 2.79. The second kappa shape index (κ2) is 14.9. The molecule has 12 nitrogen and oxygen atoms in total. The third-order valence-electron chi connectivity index (χ3n) is 4.71. The van der Waals surface area contributed by atoms with Crippen LogP contribution in [-0.4, -0.2) is 82.6 Å². The number of nitrogens with one attached hydrogen (secondary N) is 3. The van der Waals surface area contributed by atoms with Gasteiger partial charge in [-0.05, 0) is 30.4 Å². The summed E-state index contributed by atoms with van der Waals surface area (Å²) in [4.78, 5) is 60.5. The quantitative estimate of drug-likeness (QED) is 0.139. The van der Waals surface area contributed by atoms with E-state index in [-0.39, 0.29) is 12.8 Å². The summed E-state index contributed by atoms with van der Waals surface area (Å²) < 4.78 is 0. The molecule has 0 radical (unpaired) electrons. The molecule has 0 spiro atoms. The van der Waals surface area contributed by atoms with Crippen LogP contribution in [0.25, 0.3) is 0 Å². The van der Waals surface area contributed by atoms with Crippen LogP contribution in [0.4, 0.5) is 0 Å². The monoisotopic (exact) mass is 497 g/mol. The lowest BCUT2D eigenvalue weighted by atomic mass is 10.0. The first kappa shape index (κ1) is 28.9. The summed E-state index contributed by atoms with van der Waals surface area (Å²) in [5, 5.41) is 25.1. The Labute approximate surface area is 201 Å². The van der Waals surface area contributed by atoms with Gasteiger partial charge in [0.05, 0.1) is 19.1 Å². The Morgan fingerprint density at radius 1 is 0.941 bits per heavy atom. The van der Waals surface area contributed by atoms with Gasteiger partial charge in [0, 0.05) is 0 Å². The van der Waals surface area contributed by atoms with E-state index in [1.54, 1.807) is 30.5 Å². The lowest BCUT2D eigenvalue weighted by molar-refractivity contribution is -0.143. The molecule has 188 valence electrons. The molecule has 34 heavy (non-hydrogen) atoms. The summed E-state index contributed by atoms with van der Waals surface area (Å²) in [6.07, 6.45) is 1.55. The molecule has 4 amide bonds. The highest BCUT2D eigenvalue weighted by atomic mass is 32.2. The number of benzene rings is 1. The summed E-state index contributed by atoms with van der Waals surface area (Å²) in [6.45, 7) is -0.843. The van der Waals surface area contributed by atoms with Gasteiger partial charge in [0.15, 0.2) is 0 Å². The number of aliphatic hydroxyl groups excluding tert-OH is 1. The summed E-state index contributed by atoms with van der Waals surface area (Å²) >= 11 is 1.38. The highest BCUT2D eigenvalue weighted by molar-refractivity contribution is 7.98. The first-order valence-electron chi connectivity index (χ1n) is 10.4. The van der Waals surface area contributed by atoms with Gasteiger partial charge in [0.25, 0.3) is 0 Å². The van der Waals surface area contributed by atoms with Crippen molar-refractivity contribution in [3.63, 3.8) is 0 Å². The number of hydrogen-bond donors (Lipinski definition) is 7. The predicted molar refractivity (Wildman–Crippen MR) is 125 cm³/mol. The van der Waals surface area contributed by atoms with E-state index in [2.05, 4.69) is 16.0 Å². The lowest BCUT2D eigenvalue weighted by Crippen LogP contribution is -2.58. The Balaban J connectivity index is 2.91. The van der Waals surface area contributed by atoms with Crippen LogP contribution in [-0.2, 0) is 30.4 Å². The Hall–Kier alpha value is -3.16. The first-order valence-corrected chi connectivity index (χ1v) is 11.8. The van der Waals surface area contributed by atoms with Gasteiger partial charge in [-0.2, -0.15) is 11.8 Å². The first-order chi connectivity index (χ1) is 16.1. The summed E-state index contributed by atoms with van der Waals surface area (Å²) in [5.74, 6) is -4.28. The zero-order valence-electron chi connectivity index (χ0n) is 18.7. The molecule has 0 heterocycles. The Bertz CT molecular complexity index is 855. The van der Waals surface area contributed by atoms with Crippen molar-refractivity contribution >= 4 is 41.4 Å². The van der Waals surface area contributed by atoms with Crippen LogP contribution in [0, 0.1) is 0 Å². The van der Waals surface area contributed by atoms with Gasteiger partial charge in [0.1, 0.15) is 18.1 Å². The maximum Gasteiger partial charge on any atom is 0.328 e. The highest BCUT2D eigenvalue weighted by Crippen LogP contribution is 2.05. The van der Waals surface area contributed by atoms with E-state index < -0.39 is 66.8 Å². The Kier molecular flexibility index (Phi) is 12.6. The number of carbonyl (C=O) groups excluding carboxylic acids is 4.